The number of carbonyl (C=O) groups excluding carboxylic acids is 1. The van der Waals surface area contributed by atoms with Crippen LogP contribution in [0.25, 0.3) is 11.1 Å². The molecule has 2 unspecified atom stereocenters. The van der Waals surface area contributed by atoms with Crippen LogP contribution in [-0.2, 0) is 18.6 Å². The van der Waals surface area contributed by atoms with Crippen LogP contribution < -0.4 is 5.32 Å². The van der Waals surface area contributed by atoms with Gasteiger partial charge in [0, 0.05) is 41.7 Å². The first-order chi connectivity index (χ1) is 19.3. The number of halogens is 1. The van der Waals surface area contributed by atoms with Crippen molar-refractivity contribution in [3.63, 3.8) is 0 Å². The van der Waals surface area contributed by atoms with E-state index in [-0.39, 0.29) is 25.0 Å². The summed E-state index contributed by atoms with van der Waals surface area (Å²) in [5.41, 5.74) is 3.42. The van der Waals surface area contributed by atoms with E-state index in [9.17, 15) is 19.8 Å². The minimum atomic E-state index is -1.36. The molecule has 4 rings (SSSR count). The summed E-state index contributed by atoms with van der Waals surface area (Å²) in [7, 11) is 0. The number of hydrogen-bond acceptors (Lipinski definition) is 4. The summed E-state index contributed by atoms with van der Waals surface area (Å²) < 4.78 is 0. The van der Waals surface area contributed by atoms with Gasteiger partial charge in [-0.2, -0.15) is 0 Å². The summed E-state index contributed by atoms with van der Waals surface area (Å²) in [6.45, 7) is 3.13. The third-order valence-electron chi connectivity index (χ3n) is 7.88. The number of amides is 2. The van der Waals surface area contributed by atoms with Crippen LogP contribution in [-0.4, -0.2) is 51.9 Å². The molecule has 1 saturated heterocycles. The molecule has 0 spiro atoms. The van der Waals surface area contributed by atoms with Gasteiger partial charge in [-0.1, -0.05) is 67.1 Å². The van der Waals surface area contributed by atoms with Crippen molar-refractivity contribution in [2.75, 3.05) is 19.6 Å². The number of aliphatic hydroxyl groups excluding tert-OH is 1. The highest BCUT2D eigenvalue weighted by Crippen LogP contribution is 2.45. The van der Waals surface area contributed by atoms with Crippen molar-refractivity contribution < 1.29 is 24.9 Å². The van der Waals surface area contributed by atoms with Crippen molar-refractivity contribution in [3.05, 3.63) is 94.0 Å². The van der Waals surface area contributed by atoms with Crippen LogP contribution in [0.1, 0.15) is 59.7 Å². The van der Waals surface area contributed by atoms with E-state index < -0.39 is 11.7 Å². The Bertz CT molecular complexity index is 1330. The van der Waals surface area contributed by atoms with Gasteiger partial charge in [-0.15, -0.1) is 0 Å². The van der Waals surface area contributed by atoms with E-state index in [0.717, 1.165) is 35.1 Å². The lowest BCUT2D eigenvalue weighted by Gasteiger charge is -2.44. The highest BCUT2D eigenvalue weighted by molar-refractivity contribution is 6.33. The van der Waals surface area contributed by atoms with Gasteiger partial charge in [0.15, 0.2) is 0 Å². The second kappa shape index (κ2) is 13.3. The van der Waals surface area contributed by atoms with Crippen LogP contribution >= 0.6 is 11.6 Å². The fourth-order valence-electron chi connectivity index (χ4n) is 5.72. The topological polar surface area (TPSA) is 110 Å². The summed E-state index contributed by atoms with van der Waals surface area (Å²) in [5.74, 6) is -0.413. The molecule has 1 aliphatic heterocycles. The Labute approximate surface area is 240 Å². The van der Waals surface area contributed by atoms with E-state index in [2.05, 4.69) is 24.4 Å². The zero-order valence-corrected chi connectivity index (χ0v) is 23.5. The van der Waals surface area contributed by atoms with Crippen LogP contribution in [0, 0.1) is 5.92 Å². The van der Waals surface area contributed by atoms with E-state index in [1.165, 1.54) is 0 Å². The average molecular weight is 565 g/mol. The van der Waals surface area contributed by atoms with Crippen LogP contribution in [0.4, 0.5) is 4.79 Å². The lowest BCUT2D eigenvalue weighted by molar-refractivity contribution is -0.0563. The number of likely N-dealkylation sites (tertiary alicyclic amines) is 1. The summed E-state index contributed by atoms with van der Waals surface area (Å²) in [6, 6.07) is 20.6. The minimum Gasteiger partial charge on any atom is -0.465 e. The molecule has 212 valence electrons. The Kier molecular flexibility index (Phi) is 9.85. The van der Waals surface area contributed by atoms with Gasteiger partial charge in [-0.25, -0.2) is 4.79 Å². The highest BCUT2D eigenvalue weighted by atomic mass is 35.5. The van der Waals surface area contributed by atoms with Crippen molar-refractivity contribution in [1.29, 1.82) is 0 Å². The summed E-state index contributed by atoms with van der Waals surface area (Å²) in [6.07, 6.45) is 1.89. The molecule has 8 heteroatoms. The first-order valence-electron chi connectivity index (χ1n) is 13.8. The molecule has 40 heavy (non-hydrogen) atoms. The number of piperidine rings is 1. The predicted octanol–water partition coefficient (Wildman–Crippen LogP) is 5.85. The van der Waals surface area contributed by atoms with Gasteiger partial charge in [0.25, 0.3) is 5.91 Å². The number of rotatable bonds is 10. The Balaban J connectivity index is 1.71. The SMILES string of the molecule is CCc1cccc(-c2c(Cl)cccc2C(O)(CCCNC(=O)O)C2CCCN(C(=O)c3ccc(CO)cc3)C2)c1. The Hall–Kier alpha value is -3.39. The molecule has 3 aromatic rings. The highest BCUT2D eigenvalue weighted by Gasteiger charge is 2.43. The zero-order valence-electron chi connectivity index (χ0n) is 22.8. The van der Waals surface area contributed by atoms with Crippen molar-refractivity contribution in [1.82, 2.24) is 10.2 Å². The van der Waals surface area contributed by atoms with Crippen molar-refractivity contribution in [3.8, 4) is 11.1 Å². The number of nitrogens with one attached hydrogen (secondary N) is 1. The molecule has 1 fully saturated rings. The zero-order chi connectivity index (χ0) is 28.7. The number of nitrogens with zero attached hydrogens (tertiary/aromatic N) is 1. The molecule has 1 heterocycles. The van der Waals surface area contributed by atoms with Crippen molar-refractivity contribution in [2.24, 2.45) is 5.92 Å². The lowest BCUT2D eigenvalue weighted by Crippen LogP contribution is -2.48. The van der Waals surface area contributed by atoms with Crippen LogP contribution in [0.3, 0.4) is 0 Å². The molecule has 7 nitrogen and oxygen atoms in total. The first-order valence-corrected chi connectivity index (χ1v) is 14.2. The first kappa shape index (κ1) is 29.6. The normalized spacial score (nSPS) is 16.8. The van der Waals surface area contributed by atoms with Gasteiger partial charge >= 0.3 is 6.09 Å². The Morgan fingerprint density at radius 3 is 2.52 bits per heavy atom. The lowest BCUT2D eigenvalue weighted by atomic mass is 9.72. The molecular weight excluding hydrogens is 528 g/mol. The maximum Gasteiger partial charge on any atom is 0.404 e. The van der Waals surface area contributed by atoms with Gasteiger partial charge in [0.1, 0.15) is 0 Å². The third-order valence-corrected chi connectivity index (χ3v) is 8.20. The van der Waals surface area contributed by atoms with Crippen molar-refractivity contribution >= 4 is 23.6 Å². The number of benzene rings is 3. The largest absolute Gasteiger partial charge is 0.465 e. The minimum absolute atomic E-state index is 0.0901. The number of aliphatic hydroxyl groups is 2. The summed E-state index contributed by atoms with van der Waals surface area (Å²) in [5, 5.41) is 34.0. The van der Waals surface area contributed by atoms with E-state index >= 15 is 0 Å². The molecule has 0 aromatic heterocycles. The van der Waals surface area contributed by atoms with Gasteiger partial charge in [-0.3, -0.25) is 4.79 Å². The Morgan fingerprint density at radius 2 is 1.82 bits per heavy atom. The van der Waals surface area contributed by atoms with E-state index in [1.807, 2.05) is 30.3 Å². The smallest absolute Gasteiger partial charge is 0.404 e. The predicted molar refractivity (Wildman–Crippen MR) is 156 cm³/mol. The standard InChI is InChI=1S/C32H37ClN2O5/c1-2-22-7-3-8-25(19-22)29-27(10-4-11-28(29)33)32(40,16-6-17-34-31(38)39)26-9-5-18-35(20-26)30(37)24-14-12-23(21-36)13-15-24/h3-4,7-8,10-15,19,26,34,36,40H,2,5-6,9,16-18,20-21H2,1H3,(H,38,39). The molecule has 4 N–H and O–H groups in total. The quantitative estimate of drug-likeness (QED) is 0.231. The molecule has 2 atom stereocenters. The van der Waals surface area contributed by atoms with Crippen molar-refractivity contribution in [2.45, 2.75) is 51.2 Å². The van der Waals surface area contributed by atoms with E-state index in [1.54, 1.807) is 29.2 Å². The maximum absolute atomic E-state index is 13.4. The Morgan fingerprint density at radius 1 is 1.07 bits per heavy atom. The molecule has 2 amide bonds. The molecular formula is C32H37ClN2O5. The fraction of sp³-hybridized carbons (Fsp3) is 0.375. The fourth-order valence-corrected chi connectivity index (χ4v) is 6.01. The van der Waals surface area contributed by atoms with Crippen LogP contribution in [0.2, 0.25) is 5.02 Å². The number of hydrogen-bond donors (Lipinski definition) is 4. The number of carbonyl (C=O) groups is 2. The average Bonchev–Trinajstić information content (AvgIpc) is 2.98. The van der Waals surface area contributed by atoms with Crippen LogP contribution in [0.15, 0.2) is 66.7 Å². The summed E-state index contributed by atoms with van der Waals surface area (Å²) in [4.78, 5) is 26.3. The number of aryl methyl sites for hydroxylation is 1. The molecule has 0 radical (unpaired) electrons. The number of carboxylic acid groups (broad SMARTS) is 1. The molecule has 1 aliphatic rings. The summed E-state index contributed by atoms with van der Waals surface area (Å²) >= 11 is 6.81. The molecule has 0 bridgehead atoms. The van der Waals surface area contributed by atoms with Gasteiger partial charge < -0.3 is 25.5 Å². The molecule has 0 saturated carbocycles. The molecule has 0 aliphatic carbocycles. The second-order valence-electron chi connectivity index (χ2n) is 10.4. The van der Waals surface area contributed by atoms with Gasteiger partial charge in [0.2, 0.25) is 0 Å². The molecule has 3 aromatic carbocycles. The third kappa shape index (κ3) is 6.66. The van der Waals surface area contributed by atoms with E-state index in [0.29, 0.717) is 48.5 Å². The van der Waals surface area contributed by atoms with Gasteiger partial charge in [0.05, 0.1) is 12.2 Å². The monoisotopic (exact) mass is 564 g/mol. The van der Waals surface area contributed by atoms with Gasteiger partial charge in [-0.05, 0) is 72.6 Å². The van der Waals surface area contributed by atoms with E-state index in [4.69, 9.17) is 16.7 Å². The maximum atomic E-state index is 13.4. The van der Waals surface area contributed by atoms with Crippen LogP contribution in [0.5, 0.6) is 0 Å². The second-order valence-corrected chi connectivity index (χ2v) is 10.8.